The van der Waals surface area contributed by atoms with Crippen LogP contribution in [0.15, 0.2) is 12.2 Å². The van der Waals surface area contributed by atoms with Gasteiger partial charge >= 0.3 is 11.9 Å². The second-order valence-electron chi connectivity index (χ2n) is 10.6. The van der Waals surface area contributed by atoms with Crippen LogP contribution in [0.5, 0.6) is 0 Å². The largest absolute Gasteiger partial charge is 0.481 e. The zero-order valence-electron chi connectivity index (χ0n) is 24.1. The summed E-state index contributed by atoms with van der Waals surface area (Å²) >= 11 is 0. The lowest BCUT2D eigenvalue weighted by Gasteiger charge is -2.17. The molecule has 0 fully saturated rings. The van der Waals surface area contributed by atoms with Crippen molar-refractivity contribution in [1.29, 1.82) is 0 Å². The van der Waals surface area contributed by atoms with Crippen LogP contribution in [0.1, 0.15) is 174 Å². The van der Waals surface area contributed by atoms with Crippen molar-refractivity contribution in [3.63, 3.8) is 0 Å². The van der Waals surface area contributed by atoms with Crippen LogP contribution >= 0.6 is 0 Å². The van der Waals surface area contributed by atoms with E-state index < -0.39 is 5.97 Å². The van der Waals surface area contributed by atoms with Gasteiger partial charge in [0, 0.05) is 12.8 Å². The molecule has 0 spiro atoms. The fraction of sp³-hybridized carbons (Fsp3) is 0.875. The summed E-state index contributed by atoms with van der Waals surface area (Å²) < 4.78 is 5.68. The smallest absolute Gasteiger partial charge is 0.306 e. The number of unbranched alkanes of at least 4 members (excludes halogenated alkanes) is 18. The Kier molecular flexibility index (Phi) is 27.2. The van der Waals surface area contributed by atoms with Gasteiger partial charge in [-0.1, -0.05) is 122 Å². The van der Waals surface area contributed by atoms with Gasteiger partial charge < -0.3 is 9.84 Å². The predicted octanol–water partition coefficient (Wildman–Crippen LogP) is 10.3. The monoisotopic (exact) mass is 508 g/mol. The van der Waals surface area contributed by atoms with Gasteiger partial charge in [-0.2, -0.15) is 0 Å². The maximum atomic E-state index is 12.3. The number of carboxylic acids is 1. The Labute approximate surface area is 224 Å². The van der Waals surface area contributed by atoms with Crippen molar-refractivity contribution < 1.29 is 19.4 Å². The third-order valence-corrected chi connectivity index (χ3v) is 7.00. The van der Waals surface area contributed by atoms with Crippen molar-refractivity contribution in [2.24, 2.45) is 0 Å². The zero-order valence-corrected chi connectivity index (χ0v) is 24.1. The molecule has 0 radical (unpaired) electrons. The molecule has 212 valence electrons. The minimum atomic E-state index is -0.814. The molecule has 0 aromatic heterocycles. The van der Waals surface area contributed by atoms with E-state index in [-0.39, 0.29) is 18.5 Å². The number of carbonyl (C=O) groups excluding carboxylic acids is 1. The molecule has 0 amide bonds. The first-order valence-electron chi connectivity index (χ1n) is 15.7. The maximum Gasteiger partial charge on any atom is 0.306 e. The summed E-state index contributed by atoms with van der Waals surface area (Å²) in [6, 6.07) is 0. The summed E-state index contributed by atoms with van der Waals surface area (Å²) in [6.07, 6.45) is 32.1. The van der Waals surface area contributed by atoms with Crippen molar-refractivity contribution in [1.82, 2.24) is 0 Å². The minimum absolute atomic E-state index is 0.0728. The topological polar surface area (TPSA) is 63.6 Å². The van der Waals surface area contributed by atoms with Crippen molar-refractivity contribution in [2.75, 3.05) is 0 Å². The Hall–Kier alpha value is -1.32. The molecule has 0 aromatic rings. The van der Waals surface area contributed by atoms with Crippen LogP contribution in [-0.2, 0) is 14.3 Å². The SMILES string of the molecule is CCCCCC/C=C\CCCCCCCCC(=O)OC(CCCCCCCCCCC)CCC(=O)O. The molecule has 1 unspecified atom stereocenters. The van der Waals surface area contributed by atoms with Crippen LogP contribution in [0.25, 0.3) is 0 Å². The number of aliphatic carboxylic acids is 1. The summed E-state index contributed by atoms with van der Waals surface area (Å²) in [7, 11) is 0. The summed E-state index contributed by atoms with van der Waals surface area (Å²) in [4.78, 5) is 23.3. The average molecular weight is 509 g/mol. The van der Waals surface area contributed by atoms with E-state index in [1.807, 2.05) is 0 Å². The number of carbonyl (C=O) groups is 2. The van der Waals surface area contributed by atoms with Gasteiger partial charge in [-0.3, -0.25) is 9.59 Å². The number of allylic oxidation sites excluding steroid dienone is 2. The van der Waals surface area contributed by atoms with Crippen LogP contribution in [-0.4, -0.2) is 23.1 Å². The Morgan fingerprint density at radius 1 is 0.583 bits per heavy atom. The molecule has 0 bridgehead atoms. The summed E-state index contributed by atoms with van der Waals surface area (Å²) in [5.41, 5.74) is 0. The Balaban J connectivity index is 3.78. The normalized spacial score (nSPS) is 12.3. The highest BCUT2D eigenvalue weighted by atomic mass is 16.5. The lowest BCUT2D eigenvalue weighted by molar-refractivity contribution is -0.151. The molecular formula is C32H60O4. The van der Waals surface area contributed by atoms with Gasteiger partial charge in [0.2, 0.25) is 0 Å². The molecule has 4 heteroatoms. The van der Waals surface area contributed by atoms with Crippen molar-refractivity contribution in [2.45, 2.75) is 180 Å². The molecule has 0 aliphatic carbocycles. The van der Waals surface area contributed by atoms with Gasteiger partial charge in [0.05, 0.1) is 0 Å². The van der Waals surface area contributed by atoms with E-state index >= 15 is 0 Å². The molecule has 0 saturated heterocycles. The third kappa shape index (κ3) is 27.3. The first-order chi connectivity index (χ1) is 17.6. The van der Waals surface area contributed by atoms with E-state index in [9.17, 15) is 9.59 Å². The third-order valence-electron chi connectivity index (χ3n) is 7.00. The van der Waals surface area contributed by atoms with E-state index in [1.54, 1.807) is 0 Å². The van der Waals surface area contributed by atoms with Crippen LogP contribution in [0.3, 0.4) is 0 Å². The van der Waals surface area contributed by atoms with E-state index in [0.717, 1.165) is 32.1 Å². The van der Waals surface area contributed by atoms with E-state index in [2.05, 4.69) is 26.0 Å². The van der Waals surface area contributed by atoms with Gasteiger partial charge in [-0.25, -0.2) is 0 Å². The zero-order chi connectivity index (χ0) is 26.5. The van der Waals surface area contributed by atoms with Crippen molar-refractivity contribution in [3.8, 4) is 0 Å². The van der Waals surface area contributed by atoms with Crippen LogP contribution in [0.4, 0.5) is 0 Å². The molecule has 0 heterocycles. The summed E-state index contributed by atoms with van der Waals surface area (Å²) in [5.74, 6) is -0.962. The quantitative estimate of drug-likeness (QED) is 0.0648. The van der Waals surface area contributed by atoms with E-state index in [1.165, 1.54) is 109 Å². The first kappa shape index (κ1) is 34.7. The minimum Gasteiger partial charge on any atom is -0.481 e. The number of carboxylic acid groups (broad SMARTS) is 1. The second kappa shape index (κ2) is 28.3. The molecule has 36 heavy (non-hydrogen) atoms. The van der Waals surface area contributed by atoms with E-state index in [4.69, 9.17) is 9.84 Å². The molecule has 0 aliphatic heterocycles. The lowest BCUT2D eigenvalue weighted by atomic mass is 10.0. The number of esters is 1. The number of ether oxygens (including phenoxy) is 1. The first-order valence-corrected chi connectivity index (χ1v) is 15.7. The van der Waals surface area contributed by atoms with Gasteiger partial charge in [-0.15, -0.1) is 0 Å². The summed E-state index contributed by atoms with van der Waals surface area (Å²) in [5, 5.41) is 9.03. The average Bonchev–Trinajstić information content (AvgIpc) is 2.86. The Bertz CT molecular complexity index is 514. The van der Waals surface area contributed by atoms with Crippen LogP contribution in [0, 0.1) is 0 Å². The highest BCUT2D eigenvalue weighted by Gasteiger charge is 2.15. The number of rotatable bonds is 28. The van der Waals surface area contributed by atoms with Crippen LogP contribution < -0.4 is 0 Å². The number of hydrogen-bond acceptors (Lipinski definition) is 3. The van der Waals surface area contributed by atoms with Crippen molar-refractivity contribution in [3.05, 3.63) is 12.2 Å². The molecular weight excluding hydrogens is 448 g/mol. The molecule has 0 rings (SSSR count). The maximum absolute atomic E-state index is 12.3. The standard InChI is InChI=1S/C32H60O4/c1-3-5-7-9-11-13-14-15-16-17-19-21-23-25-27-32(35)36-30(28-29-31(33)34)26-24-22-20-18-12-10-8-6-4-2/h13-14,30H,3-12,15-29H2,1-2H3,(H,33,34)/b14-13-. The van der Waals surface area contributed by atoms with E-state index in [0.29, 0.717) is 12.8 Å². The highest BCUT2D eigenvalue weighted by molar-refractivity contribution is 5.69. The van der Waals surface area contributed by atoms with Crippen molar-refractivity contribution >= 4 is 11.9 Å². The molecule has 1 N–H and O–H groups in total. The lowest BCUT2D eigenvalue weighted by Crippen LogP contribution is -2.19. The fourth-order valence-corrected chi connectivity index (χ4v) is 4.64. The van der Waals surface area contributed by atoms with Gasteiger partial charge in [-0.05, 0) is 51.4 Å². The second-order valence-corrected chi connectivity index (χ2v) is 10.6. The van der Waals surface area contributed by atoms with Gasteiger partial charge in [0.1, 0.15) is 6.10 Å². The molecule has 0 aromatic carbocycles. The fourth-order valence-electron chi connectivity index (χ4n) is 4.64. The molecule has 1 atom stereocenters. The molecule has 0 saturated carbocycles. The Morgan fingerprint density at radius 2 is 1.03 bits per heavy atom. The Morgan fingerprint density at radius 3 is 1.56 bits per heavy atom. The molecule has 0 aliphatic rings. The van der Waals surface area contributed by atoms with Crippen LogP contribution in [0.2, 0.25) is 0 Å². The highest BCUT2D eigenvalue weighted by Crippen LogP contribution is 2.17. The summed E-state index contributed by atoms with van der Waals surface area (Å²) in [6.45, 7) is 4.49. The van der Waals surface area contributed by atoms with Gasteiger partial charge in [0.15, 0.2) is 0 Å². The number of hydrogen-bond donors (Lipinski definition) is 1. The predicted molar refractivity (Wildman–Crippen MR) is 153 cm³/mol. The molecule has 4 nitrogen and oxygen atoms in total. The van der Waals surface area contributed by atoms with Gasteiger partial charge in [0.25, 0.3) is 0 Å².